The van der Waals surface area contributed by atoms with E-state index in [0.717, 1.165) is 11.7 Å². The van der Waals surface area contributed by atoms with Crippen LogP contribution >= 0.6 is 0 Å². The number of esters is 1. The van der Waals surface area contributed by atoms with Crippen LogP contribution in [0.15, 0.2) is 12.5 Å². The molecule has 0 aliphatic rings. The minimum atomic E-state index is -1.37. The van der Waals surface area contributed by atoms with Gasteiger partial charge in [-0.2, -0.15) is 0 Å². The van der Waals surface area contributed by atoms with Crippen molar-refractivity contribution in [3.63, 3.8) is 0 Å². The van der Waals surface area contributed by atoms with E-state index in [1.54, 1.807) is 20.8 Å². The van der Waals surface area contributed by atoms with Crippen molar-refractivity contribution in [3.05, 3.63) is 18.2 Å². The first-order chi connectivity index (χ1) is 9.15. The Balaban J connectivity index is 2.82. The van der Waals surface area contributed by atoms with E-state index in [1.165, 1.54) is 12.5 Å². The molecule has 1 aromatic heterocycles. The Labute approximate surface area is 116 Å². The van der Waals surface area contributed by atoms with Crippen molar-refractivity contribution in [2.24, 2.45) is 5.73 Å². The van der Waals surface area contributed by atoms with Crippen LogP contribution in [0.3, 0.4) is 0 Å². The second-order valence-corrected chi connectivity index (χ2v) is 5.18. The molecule has 0 spiro atoms. The molecular formula is C12H19N3O5. The maximum absolute atomic E-state index is 11.8. The third-order valence-electron chi connectivity index (χ3n) is 2.32. The van der Waals surface area contributed by atoms with Crippen LogP contribution in [0, 0.1) is 0 Å². The molecule has 0 aliphatic carbocycles. The van der Waals surface area contributed by atoms with Gasteiger partial charge in [0.15, 0.2) is 0 Å². The van der Waals surface area contributed by atoms with Gasteiger partial charge in [-0.1, -0.05) is 0 Å². The Morgan fingerprint density at radius 1 is 1.45 bits per heavy atom. The van der Waals surface area contributed by atoms with Crippen LogP contribution in [0.4, 0.5) is 4.79 Å². The molecule has 0 radical (unpaired) electrons. The molecule has 8 heteroatoms. The molecule has 0 aromatic carbocycles. The van der Waals surface area contributed by atoms with Gasteiger partial charge in [0.05, 0.1) is 12.8 Å². The molecule has 1 aromatic rings. The molecular weight excluding hydrogens is 266 g/mol. The Kier molecular flexibility index (Phi) is 4.85. The zero-order chi connectivity index (χ0) is 15.5. The van der Waals surface area contributed by atoms with Crippen LogP contribution < -0.4 is 5.73 Å². The van der Waals surface area contributed by atoms with E-state index in [0.29, 0.717) is 0 Å². The number of hydrogen-bond acceptors (Lipinski definition) is 7. The zero-order valence-electron chi connectivity index (χ0n) is 11.9. The first-order valence-electron chi connectivity index (χ1n) is 5.94. The number of aromatic nitrogens is 2. The van der Waals surface area contributed by atoms with Crippen molar-refractivity contribution in [2.75, 3.05) is 7.11 Å². The van der Waals surface area contributed by atoms with Crippen LogP contribution in [-0.2, 0) is 14.3 Å². The van der Waals surface area contributed by atoms with Crippen molar-refractivity contribution in [1.29, 1.82) is 0 Å². The largest absolute Gasteiger partial charge is 0.468 e. The van der Waals surface area contributed by atoms with Gasteiger partial charge in [-0.15, -0.1) is 0 Å². The lowest BCUT2D eigenvalue weighted by atomic mass is 10.1. The molecule has 0 unspecified atom stereocenters. The first kappa shape index (κ1) is 16.1. The number of aliphatic hydroxyl groups excluding tert-OH is 1. The standard InChI is InChI=1S/C12H19N3O5/c1-12(2,3)20-11(18)15-5-7(14-6-15)9(16)8(13)10(17)19-4/h5-6,8-9,16H,13H2,1-4H3/t8-,9+/m0/s1. The van der Waals surface area contributed by atoms with Crippen molar-refractivity contribution >= 4 is 12.1 Å². The predicted octanol–water partition coefficient (Wildman–Crippen LogP) is 0.200. The Hall–Kier alpha value is -1.93. The summed E-state index contributed by atoms with van der Waals surface area (Å²) in [6.45, 7) is 5.18. The highest BCUT2D eigenvalue weighted by Crippen LogP contribution is 2.15. The van der Waals surface area contributed by atoms with Gasteiger partial charge in [0, 0.05) is 6.20 Å². The molecule has 20 heavy (non-hydrogen) atoms. The van der Waals surface area contributed by atoms with Crippen molar-refractivity contribution in [3.8, 4) is 0 Å². The van der Waals surface area contributed by atoms with E-state index in [1.807, 2.05) is 0 Å². The second-order valence-electron chi connectivity index (χ2n) is 5.18. The molecule has 0 fully saturated rings. The van der Waals surface area contributed by atoms with Crippen molar-refractivity contribution in [2.45, 2.75) is 38.5 Å². The van der Waals surface area contributed by atoms with E-state index >= 15 is 0 Å². The third-order valence-corrected chi connectivity index (χ3v) is 2.32. The van der Waals surface area contributed by atoms with Gasteiger partial charge >= 0.3 is 12.1 Å². The maximum atomic E-state index is 11.8. The highest BCUT2D eigenvalue weighted by Gasteiger charge is 2.27. The minimum Gasteiger partial charge on any atom is -0.468 e. The first-order valence-corrected chi connectivity index (χ1v) is 5.94. The normalized spacial score (nSPS) is 14.5. The van der Waals surface area contributed by atoms with E-state index in [-0.39, 0.29) is 5.69 Å². The number of aliphatic hydroxyl groups is 1. The highest BCUT2D eigenvalue weighted by atomic mass is 16.6. The molecule has 0 aliphatic heterocycles. The summed E-state index contributed by atoms with van der Waals surface area (Å²) in [5, 5.41) is 9.86. The van der Waals surface area contributed by atoms with Gasteiger partial charge < -0.3 is 20.3 Å². The number of carbonyl (C=O) groups is 2. The zero-order valence-corrected chi connectivity index (χ0v) is 11.9. The SMILES string of the molecule is COC(=O)[C@@H](N)[C@H](O)c1cn(C(=O)OC(C)(C)C)cn1. The fourth-order valence-corrected chi connectivity index (χ4v) is 1.35. The highest BCUT2D eigenvalue weighted by molar-refractivity contribution is 5.76. The average molecular weight is 285 g/mol. The fourth-order valence-electron chi connectivity index (χ4n) is 1.35. The molecule has 1 heterocycles. The third kappa shape index (κ3) is 4.04. The monoisotopic (exact) mass is 285 g/mol. The number of nitrogens with zero attached hydrogens (tertiary/aromatic N) is 2. The lowest BCUT2D eigenvalue weighted by Gasteiger charge is -2.19. The van der Waals surface area contributed by atoms with Crippen molar-refractivity contribution in [1.82, 2.24) is 9.55 Å². The topological polar surface area (TPSA) is 117 Å². The maximum Gasteiger partial charge on any atom is 0.419 e. The molecule has 1 rings (SSSR count). The summed E-state index contributed by atoms with van der Waals surface area (Å²) in [5.74, 6) is -0.774. The number of ether oxygens (including phenoxy) is 2. The van der Waals surface area contributed by atoms with Crippen LogP contribution in [0.5, 0.6) is 0 Å². The van der Waals surface area contributed by atoms with E-state index in [2.05, 4.69) is 9.72 Å². The lowest BCUT2D eigenvalue weighted by molar-refractivity contribution is -0.145. The van der Waals surface area contributed by atoms with E-state index in [9.17, 15) is 14.7 Å². The molecule has 0 amide bonds. The number of imidazole rings is 1. The molecule has 2 atom stereocenters. The van der Waals surface area contributed by atoms with Gasteiger partial charge in [-0.25, -0.2) is 14.3 Å². The molecule has 3 N–H and O–H groups in total. The lowest BCUT2D eigenvalue weighted by Crippen LogP contribution is -2.37. The number of rotatable bonds is 3. The Morgan fingerprint density at radius 2 is 2.05 bits per heavy atom. The summed E-state index contributed by atoms with van der Waals surface area (Å²) in [7, 11) is 1.16. The molecule has 112 valence electrons. The summed E-state index contributed by atoms with van der Waals surface area (Å²) >= 11 is 0. The molecule has 0 saturated heterocycles. The second kappa shape index (κ2) is 6.02. The Morgan fingerprint density at radius 3 is 2.55 bits per heavy atom. The Bertz CT molecular complexity index is 492. The molecule has 8 nitrogen and oxygen atoms in total. The summed E-state index contributed by atoms with van der Waals surface area (Å²) in [5.41, 5.74) is 4.93. The van der Waals surface area contributed by atoms with Gasteiger partial charge in [-0.05, 0) is 20.8 Å². The molecule has 0 saturated carbocycles. The predicted molar refractivity (Wildman–Crippen MR) is 68.8 cm³/mol. The van der Waals surface area contributed by atoms with Crippen molar-refractivity contribution < 1.29 is 24.2 Å². The number of carbonyl (C=O) groups excluding carboxylic acids is 2. The minimum absolute atomic E-state index is 0.0776. The summed E-state index contributed by atoms with van der Waals surface area (Å²) in [4.78, 5) is 26.8. The summed E-state index contributed by atoms with van der Waals surface area (Å²) < 4.78 is 10.6. The van der Waals surface area contributed by atoms with E-state index in [4.69, 9.17) is 10.5 Å². The van der Waals surface area contributed by atoms with Gasteiger partial charge in [-0.3, -0.25) is 4.79 Å². The van der Waals surface area contributed by atoms with E-state index < -0.39 is 29.8 Å². The van der Waals surface area contributed by atoms with Gasteiger partial charge in [0.25, 0.3) is 0 Å². The van der Waals surface area contributed by atoms with Crippen LogP contribution in [0.2, 0.25) is 0 Å². The summed E-state index contributed by atoms with van der Waals surface area (Å²) in [6.07, 6.45) is 0.416. The van der Waals surface area contributed by atoms with Crippen LogP contribution in [0.25, 0.3) is 0 Å². The number of methoxy groups -OCH3 is 1. The van der Waals surface area contributed by atoms with Crippen LogP contribution in [-0.4, -0.2) is 45.5 Å². The number of hydrogen-bond donors (Lipinski definition) is 2. The average Bonchev–Trinajstić information content (AvgIpc) is 2.83. The number of nitrogens with two attached hydrogens (primary N) is 1. The quantitative estimate of drug-likeness (QED) is 0.762. The molecule has 0 bridgehead atoms. The summed E-state index contributed by atoms with van der Waals surface area (Å²) in [6, 6.07) is -1.28. The smallest absolute Gasteiger partial charge is 0.419 e. The van der Waals surface area contributed by atoms with Gasteiger partial charge in [0.1, 0.15) is 24.1 Å². The fraction of sp³-hybridized carbons (Fsp3) is 0.583. The van der Waals surface area contributed by atoms with Gasteiger partial charge in [0.2, 0.25) is 0 Å². The van der Waals surface area contributed by atoms with Crippen LogP contribution in [0.1, 0.15) is 32.6 Å².